The van der Waals surface area contributed by atoms with Crippen LogP contribution in [0.2, 0.25) is 0 Å². The number of fused-ring (bicyclic) bond motifs is 1. The number of rotatable bonds is 5. The SMILES string of the molecule is CC(=O)Nc1cccc(/C=C/C(=O)N2CC(CCl)c3ccc([N+](=O)[O-])cc32)c1. The first-order valence-electron chi connectivity index (χ1n) is 8.60. The maximum absolute atomic E-state index is 12.7. The van der Waals surface area contributed by atoms with Gasteiger partial charge in [0.05, 0.1) is 10.6 Å². The number of alkyl halides is 1. The van der Waals surface area contributed by atoms with E-state index in [1.807, 2.05) is 0 Å². The van der Waals surface area contributed by atoms with Gasteiger partial charge in [0.2, 0.25) is 5.91 Å². The first-order chi connectivity index (χ1) is 13.4. The van der Waals surface area contributed by atoms with E-state index >= 15 is 0 Å². The van der Waals surface area contributed by atoms with Crippen LogP contribution in [0.5, 0.6) is 0 Å². The minimum Gasteiger partial charge on any atom is -0.326 e. The molecule has 0 saturated carbocycles. The van der Waals surface area contributed by atoms with Gasteiger partial charge in [-0.2, -0.15) is 0 Å². The van der Waals surface area contributed by atoms with E-state index in [1.165, 1.54) is 30.0 Å². The Morgan fingerprint density at radius 1 is 1.32 bits per heavy atom. The van der Waals surface area contributed by atoms with Crippen LogP contribution in [0.15, 0.2) is 48.5 Å². The molecule has 0 saturated heterocycles. The van der Waals surface area contributed by atoms with Crippen LogP contribution in [0.4, 0.5) is 17.1 Å². The highest BCUT2D eigenvalue weighted by Gasteiger charge is 2.32. The molecule has 2 aromatic carbocycles. The van der Waals surface area contributed by atoms with Gasteiger partial charge >= 0.3 is 0 Å². The molecular weight excluding hydrogens is 382 g/mol. The number of benzene rings is 2. The maximum atomic E-state index is 12.7. The van der Waals surface area contributed by atoms with Gasteiger partial charge in [-0.1, -0.05) is 12.1 Å². The zero-order valence-electron chi connectivity index (χ0n) is 15.1. The van der Waals surface area contributed by atoms with Crippen LogP contribution in [-0.2, 0) is 9.59 Å². The van der Waals surface area contributed by atoms with E-state index in [1.54, 1.807) is 36.4 Å². The Bertz CT molecular complexity index is 974. The molecule has 1 atom stereocenters. The smallest absolute Gasteiger partial charge is 0.271 e. The summed E-state index contributed by atoms with van der Waals surface area (Å²) in [7, 11) is 0. The summed E-state index contributed by atoms with van der Waals surface area (Å²) >= 11 is 6.02. The van der Waals surface area contributed by atoms with Crippen LogP contribution in [0.25, 0.3) is 6.08 Å². The summed E-state index contributed by atoms with van der Waals surface area (Å²) in [5, 5.41) is 13.8. The second kappa shape index (κ2) is 8.22. The molecule has 1 aliphatic heterocycles. The topological polar surface area (TPSA) is 92.6 Å². The van der Waals surface area contributed by atoms with Crippen LogP contribution >= 0.6 is 11.6 Å². The average molecular weight is 400 g/mol. The number of hydrogen-bond acceptors (Lipinski definition) is 4. The van der Waals surface area contributed by atoms with Gasteiger partial charge in [-0.3, -0.25) is 19.7 Å². The highest BCUT2D eigenvalue weighted by atomic mass is 35.5. The molecule has 0 aromatic heterocycles. The average Bonchev–Trinajstić information content (AvgIpc) is 3.04. The largest absolute Gasteiger partial charge is 0.326 e. The number of hydrogen-bond donors (Lipinski definition) is 1. The van der Waals surface area contributed by atoms with Crippen molar-refractivity contribution in [1.82, 2.24) is 0 Å². The van der Waals surface area contributed by atoms with Crippen LogP contribution in [0, 0.1) is 10.1 Å². The van der Waals surface area contributed by atoms with Gasteiger partial charge in [0.15, 0.2) is 0 Å². The van der Waals surface area contributed by atoms with Crippen molar-refractivity contribution in [2.45, 2.75) is 12.8 Å². The minimum absolute atomic E-state index is 0.0706. The molecule has 1 heterocycles. The van der Waals surface area contributed by atoms with Crippen LogP contribution in [-0.4, -0.2) is 29.2 Å². The van der Waals surface area contributed by atoms with Crippen LogP contribution in [0.1, 0.15) is 24.0 Å². The number of carbonyl (C=O) groups excluding carboxylic acids is 2. The number of amides is 2. The molecule has 0 fully saturated rings. The minimum atomic E-state index is -0.486. The van der Waals surface area contributed by atoms with Crippen LogP contribution in [0.3, 0.4) is 0 Å². The summed E-state index contributed by atoms with van der Waals surface area (Å²) in [6.07, 6.45) is 3.05. The monoisotopic (exact) mass is 399 g/mol. The fraction of sp³-hybridized carbons (Fsp3) is 0.200. The summed E-state index contributed by atoms with van der Waals surface area (Å²) in [5.74, 6) is -0.228. The van der Waals surface area contributed by atoms with E-state index in [0.717, 1.165) is 11.1 Å². The lowest BCUT2D eigenvalue weighted by Gasteiger charge is -2.15. The van der Waals surface area contributed by atoms with Gasteiger partial charge in [0.1, 0.15) is 0 Å². The zero-order valence-corrected chi connectivity index (χ0v) is 15.8. The Hall–Kier alpha value is -3.19. The molecular formula is C20H18ClN3O4. The molecule has 1 aliphatic rings. The number of halogens is 1. The summed E-state index contributed by atoms with van der Waals surface area (Å²) in [6, 6.07) is 11.6. The van der Waals surface area contributed by atoms with Crippen molar-refractivity contribution in [3.63, 3.8) is 0 Å². The quantitative estimate of drug-likeness (QED) is 0.356. The van der Waals surface area contributed by atoms with Crippen LogP contribution < -0.4 is 10.2 Å². The van der Waals surface area contributed by atoms with E-state index in [-0.39, 0.29) is 23.4 Å². The van der Waals surface area contributed by atoms with Crippen molar-refractivity contribution in [1.29, 1.82) is 0 Å². The van der Waals surface area contributed by atoms with E-state index < -0.39 is 4.92 Å². The number of non-ortho nitro benzene ring substituents is 1. The van der Waals surface area contributed by atoms with Gasteiger partial charge in [-0.15, -0.1) is 11.6 Å². The van der Waals surface area contributed by atoms with Crippen molar-refractivity contribution in [3.05, 3.63) is 69.8 Å². The number of anilines is 2. The molecule has 3 rings (SSSR count). The third-order valence-corrected chi connectivity index (χ3v) is 4.81. The van der Waals surface area contributed by atoms with Crippen molar-refractivity contribution >= 4 is 46.6 Å². The molecule has 1 N–H and O–H groups in total. The van der Waals surface area contributed by atoms with Gasteiger partial charge in [0.25, 0.3) is 11.6 Å². The summed E-state index contributed by atoms with van der Waals surface area (Å²) < 4.78 is 0. The molecule has 0 spiro atoms. The molecule has 144 valence electrons. The number of nitro groups is 1. The lowest BCUT2D eigenvalue weighted by molar-refractivity contribution is -0.384. The first kappa shape index (κ1) is 19.6. The second-order valence-electron chi connectivity index (χ2n) is 6.44. The third-order valence-electron chi connectivity index (χ3n) is 4.44. The molecule has 7 nitrogen and oxygen atoms in total. The lowest BCUT2D eigenvalue weighted by Crippen LogP contribution is -2.28. The lowest BCUT2D eigenvalue weighted by atomic mass is 10.0. The first-order valence-corrected chi connectivity index (χ1v) is 9.14. The van der Waals surface area contributed by atoms with Crippen molar-refractivity contribution in [3.8, 4) is 0 Å². The van der Waals surface area contributed by atoms with Gasteiger partial charge in [-0.05, 0) is 35.4 Å². The van der Waals surface area contributed by atoms with E-state index in [2.05, 4.69) is 5.32 Å². The third kappa shape index (κ3) is 4.20. The Kier molecular flexibility index (Phi) is 5.75. The highest BCUT2D eigenvalue weighted by Crippen LogP contribution is 2.39. The number of nitrogens with one attached hydrogen (secondary N) is 1. The molecule has 0 aliphatic carbocycles. The van der Waals surface area contributed by atoms with Gasteiger partial charge < -0.3 is 10.2 Å². The molecule has 0 radical (unpaired) electrons. The van der Waals surface area contributed by atoms with Gasteiger partial charge in [0, 0.05) is 49.2 Å². The second-order valence-corrected chi connectivity index (χ2v) is 6.75. The van der Waals surface area contributed by atoms with Crippen molar-refractivity contribution in [2.75, 3.05) is 22.6 Å². The Morgan fingerprint density at radius 3 is 2.79 bits per heavy atom. The fourth-order valence-corrected chi connectivity index (χ4v) is 3.43. The van der Waals surface area contributed by atoms with Crippen molar-refractivity contribution in [2.24, 2.45) is 0 Å². The van der Waals surface area contributed by atoms with Gasteiger partial charge in [-0.25, -0.2) is 0 Å². The zero-order chi connectivity index (χ0) is 20.3. The Labute approximate surface area is 166 Å². The molecule has 1 unspecified atom stereocenters. The maximum Gasteiger partial charge on any atom is 0.271 e. The molecule has 8 heteroatoms. The highest BCUT2D eigenvalue weighted by molar-refractivity contribution is 6.18. The molecule has 2 amide bonds. The summed E-state index contributed by atoms with van der Waals surface area (Å²) in [6.45, 7) is 1.79. The van der Waals surface area contributed by atoms with Crippen molar-refractivity contribution < 1.29 is 14.5 Å². The molecule has 2 aromatic rings. The fourth-order valence-electron chi connectivity index (χ4n) is 3.16. The standard InChI is InChI=1S/C20H18ClN3O4/c1-13(25)22-16-4-2-3-14(9-16)5-8-20(26)23-12-15(11-21)18-7-6-17(24(27)28)10-19(18)23/h2-10,15H,11-12H2,1H3,(H,22,25)/b8-5+. The predicted octanol–water partition coefficient (Wildman–Crippen LogP) is 3.94. The van der Waals surface area contributed by atoms with E-state index in [9.17, 15) is 19.7 Å². The summed E-state index contributed by atoms with van der Waals surface area (Å²) in [5.41, 5.74) is 2.65. The molecule has 28 heavy (non-hydrogen) atoms. The number of nitrogens with zero attached hydrogens (tertiary/aromatic N) is 2. The number of carbonyl (C=O) groups is 2. The van der Waals surface area contributed by atoms with E-state index in [4.69, 9.17) is 11.6 Å². The Balaban J connectivity index is 1.84. The number of nitro benzene ring substituents is 1. The predicted molar refractivity (Wildman–Crippen MR) is 109 cm³/mol. The summed E-state index contributed by atoms with van der Waals surface area (Å²) in [4.78, 5) is 36.0. The normalized spacial score (nSPS) is 15.5. The molecule has 0 bridgehead atoms. The Morgan fingerprint density at radius 2 is 2.11 bits per heavy atom. The van der Waals surface area contributed by atoms with E-state index in [0.29, 0.717) is 23.8 Å².